The van der Waals surface area contributed by atoms with Gasteiger partial charge in [0.05, 0.1) is 13.2 Å². The number of rotatable bonds is 4. The number of amides is 2. The molecule has 0 aromatic carbocycles. The molecule has 2 atom stereocenters. The number of hydrogen-bond acceptors (Lipinski definition) is 4. The number of piperidine rings is 1. The lowest BCUT2D eigenvalue weighted by Crippen LogP contribution is -2.54. The third-order valence-electron chi connectivity index (χ3n) is 3.98. The van der Waals surface area contributed by atoms with Crippen molar-refractivity contribution in [1.29, 1.82) is 0 Å². The van der Waals surface area contributed by atoms with Crippen molar-refractivity contribution in [3.8, 4) is 0 Å². The summed E-state index contributed by atoms with van der Waals surface area (Å²) in [5.74, 6) is -1.02. The highest BCUT2D eigenvalue weighted by Crippen LogP contribution is 2.09. The average molecular weight is 299 g/mol. The van der Waals surface area contributed by atoms with Gasteiger partial charge < -0.3 is 25.0 Å². The topological polar surface area (TPSA) is 82.1 Å². The first kappa shape index (κ1) is 16.0. The molecule has 2 amide bonds. The zero-order valence-corrected chi connectivity index (χ0v) is 12.6. The second kappa shape index (κ2) is 7.61. The van der Waals surface area contributed by atoms with Crippen LogP contribution in [-0.4, -0.2) is 78.4 Å². The van der Waals surface area contributed by atoms with E-state index in [2.05, 4.69) is 10.2 Å². The van der Waals surface area contributed by atoms with Crippen molar-refractivity contribution < 1.29 is 19.4 Å². The Bertz CT molecular complexity index is 371. The Morgan fingerprint density at radius 1 is 1.29 bits per heavy atom. The highest BCUT2D eigenvalue weighted by Gasteiger charge is 2.29. The van der Waals surface area contributed by atoms with E-state index in [4.69, 9.17) is 9.84 Å². The predicted molar refractivity (Wildman–Crippen MR) is 77.2 cm³/mol. The summed E-state index contributed by atoms with van der Waals surface area (Å²) in [7, 11) is 0. The summed E-state index contributed by atoms with van der Waals surface area (Å²) >= 11 is 0. The first-order valence-corrected chi connectivity index (χ1v) is 7.68. The zero-order chi connectivity index (χ0) is 15.2. The number of carboxylic acids is 1. The first-order valence-electron chi connectivity index (χ1n) is 7.68. The van der Waals surface area contributed by atoms with Gasteiger partial charge in [0, 0.05) is 19.1 Å². The van der Waals surface area contributed by atoms with E-state index in [0.717, 1.165) is 19.6 Å². The number of carbonyl (C=O) groups is 2. The number of hydrogen-bond donors (Lipinski definition) is 2. The van der Waals surface area contributed by atoms with Crippen molar-refractivity contribution in [2.45, 2.75) is 38.3 Å². The summed E-state index contributed by atoms with van der Waals surface area (Å²) in [6.45, 7) is 5.84. The molecule has 21 heavy (non-hydrogen) atoms. The van der Waals surface area contributed by atoms with Crippen molar-refractivity contribution >= 4 is 12.0 Å². The summed E-state index contributed by atoms with van der Waals surface area (Å²) < 4.78 is 5.12. The molecule has 0 spiro atoms. The van der Waals surface area contributed by atoms with Gasteiger partial charge in [-0.1, -0.05) is 6.42 Å². The maximum atomic E-state index is 12.2. The van der Waals surface area contributed by atoms with Gasteiger partial charge in [-0.05, 0) is 32.9 Å². The van der Waals surface area contributed by atoms with Crippen molar-refractivity contribution in [2.24, 2.45) is 0 Å². The summed E-state index contributed by atoms with van der Waals surface area (Å²) in [6, 6.07) is -0.143. The Kier molecular flexibility index (Phi) is 5.81. The van der Waals surface area contributed by atoms with Crippen LogP contribution >= 0.6 is 0 Å². The molecule has 7 heteroatoms. The van der Waals surface area contributed by atoms with Crippen LogP contribution in [0.15, 0.2) is 0 Å². The molecule has 2 rings (SSSR count). The number of carbonyl (C=O) groups excluding carboxylic acids is 1. The van der Waals surface area contributed by atoms with Gasteiger partial charge in [0.1, 0.15) is 0 Å². The van der Waals surface area contributed by atoms with E-state index in [9.17, 15) is 9.59 Å². The van der Waals surface area contributed by atoms with Crippen molar-refractivity contribution in [1.82, 2.24) is 15.1 Å². The Labute approximate surface area is 125 Å². The number of nitrogens with zero attached hydrogens (tertiary/aromatic N) is 2. The van der Waals surface area contributed by atoms with Crippen LogP contribution in [0.25, 0.3) is 0 Å². The van der Waals surface area contributed by atoms with E-state index < -0.39 is 12.1 Å². The molecule has 120 valence electrons. The molecule has 0 aromatic rings. The fourth-order valence-corrected chi connectivity index (χ4v) is 2.86. The van der Waals surface area contributed by atoms with Crippen LogP contribution in [0.3, 0.4) is 0 Å². The fourth-order valence-electron chi connectivity index (χ4n) is 2.86. The molecule has 2 heterocycles. The second-order valence-corrected chi connectivity index (χ2v) is 5.86. The highest BCUT2D eigenvalue weighted by molar-refractivity contribution is 5.77. The standard InChI is InChI=1S/C14H25N3O4/c1-11(9-16-5-3-2-4-6-16)15-14(20)17-7-8-21-12(10-17)13(18)19/h11-12H,2-10H2,1H3,(H,15,20)(H,18,19). The van der Waals surface area contributed by atoms with Gasteiger partial charge in [-0.2, -0.15) is 0 Å². The lowest BCUT2D eigenvalue weighted by Gasteiger charge is -2.33. The summed E-state index contributed by atoms with van der Waals surface area (Å²) in [5, 5.41) is 11.9. The van der Waals surface area contributed by atoms with Crippen LogP contribution in [-0.2, 0) is 9.53 Å². The Balaban J connectivity index is 1.75. The maximum absolute atomic E-state index is 12.2. The molecule has 7 nitrogen and oxygen atoms in total. The van der Waals surface area contributed by atoms with E-state index in [-0.39, 0.29) is 25.2 Å². The SMILES string of the molecule is CC(CN1CCCCC1)NC(=O)N1CCOC(C(=O)O)C1. The van der Waals surface area contributed by atoms with Gasteiger partial charge in [-0.25, -0.2) is 9.59 Å². The summed E-state index contributed by atoms with van der Waals surface area (Å²) in [4.78, 5) is 27.0. The van der Waals surface area contributed by atoms with Gasteiger partial charge in [0.25, 0.3) is 0 Å². The monoisotopic (exact) mass is 299 g/mol. The van der Waals surface area contributed by atoms with E-state index in [0.29, 0.717) is 6.54 Å². The predicted octanol–water partition coefficient (Wildman–Crippen LogP) is 0.356. The molecule has 2 aliphatic heterocycles. The van der Waals surface area contributed by atoms with Crippen molar-refractivity contribution in [2.75, 3.05) is 39.3 Å². The second-order valence-electron chi connectivity index (χ2n) is 5.86. The molecule has 2 aliphatic rings. The molecular formula is C14H25N3O4. The number of morpholine rings is 1. The van der Waals surface area contributed by atoms with Gasteiger partial charge >= 0.3 is 12.0 Å². The van der Waals surface area contributed by atoms with Crippen LogP contribution < -0.4 is 5.32 Å². The third-order valence-corrected chi connectivity index (χ3v) is 3.98. The molecule has 0 aliphatic carbocycles. The van der Waals surface area contributed by atoms with Crippen molar-refractivity contribution in [3.05, 3.63) is 0 Å². The first-order chi connectivity index (χ1) is 10.1. The van der Waals surface area contributed by atoms with E-state index in [1.165, 1.54) is 24.2 Å². The van der Waals surface area contributed by atoms with Crippen LogP contribution in [0.4, 0.5) is 4.79 Å². The third kappa shape index (κ3) is 4.86. The average Bonchev–Trinajstić information content (AvgIpc) is 2.48. The quantitative estimate of drug-likeness (QED) is 0.783. The largest absolute Gasteiger partial charge is 0.479 e. The number of nitrogens with one attached hydrogen (secondary N) is 1. The van der Waals surface area contributed by atoms with E-state index >= 15 is 0 Å². The molecular weight excluding hydrogens is 274 g/mol. The number of likely N-dealkylation sites (tertiary alicyclic amines) is 1. The van der Waals surface area contributed by atoms with Gasteiger partial charge in [-0.3, -0.25) is 0 Å². The summed E-state index contributed by atoms with van der Waals surface area (Å²) in [5.41, 5.74) is 0. The van der Waals surface area contributed by atoms with Gasteiger partial charge in [0.2, 0.25) is 0 Å². The smallest absolute Gasteiger partial charge is 0.334 e. The van der Waals surface area contributed by atoms with E-state index in [1.807, 2.05) is 6.92 Å². The molecule has 2 fully saturated rings. The number of aliphatic carboxylic acids is 1. The molecule has 2 N–H and O–H groups in total. The fraction of sp³-hybridized carbons (Fsp3) is 0.857. The van der Waals surface area contributed by atoms with Crippen LogP contribution in [0, 0.1) is 0 Å². The van der Waals surface area contributed by atoms with Crippen LogP contribution in [0.5, 0.6) is 0 Å². The van der Waals surface area contributed by atoms with Crippen molar-refractivity contribution in [3.63, 3.8) is 0 Å². The molecule has 0 bridgehead atoms. The van der Waals surface area contributed by atoms with E-state index in [1.54, 1.807) is 0 Å². The Morgan fingerprint density at radius 3 is 2.67 bits per heavy atom. The Hall–Kier alpha value is -1.34. The lowest BCUT2D eigenvalue weighted by molar-refractivity contribution is -0.154. The minimum atomic E-state index is -1.02. The lowest BCUT2D eigenvalue weighted by atomic mass is 10.1. The zero-order valence-electron chi connectivity index (χ0n) is 12.6. The minimum Gasteiger partial charge on any atom is -0.479 e. The van der Waals surface area contributed by atoms with Gasteiger partial charge in [0.15, 0.2) is 6.10 Å². The van der Waals surface area contributed by atoms with Crippen LogP contribution in [0.2, 0.25) is 0 Å². The number of urea groups is 1. The van der Waals surface area contributed by atoms with Gasteiger partial charge in [-0.15, -0.1) is 0 Å². The Morgan fingerprint density at radius 2 is 2.00 bits per heavy atom. The molecule has 2 unspecified atom stereocenters. The van der Waals surface area contributed by atoms with Crippen LogP contribution in [0.1, 0.15) is 26.2 Å². The molecule has 0 saturated carbocycles. The molecule has 0 radical (unpaired) electrons. The minimum absolute atomic E-state index is 0.0572. The molecule has 2 saturated heterocycles. The maximum Gasteiger partial charge on any atom is 0.334 e. The molecule has 0 aromatic heterocycles. The normalized spacial score (nSPS) is 25.4. The highest BCUT2D eigenvalue weighted by atomic mass is 16.5. The number of carboxylic acid groups (broad SMARTS) is 1. The summed E-state index contributed by atoms with van der Waals surface area (Å²) in [6.07, 6.45) is 2.83. The number of ether oxygens (including phenoxy) is 1.